The molecule has 0 aromatic heterocycles. The molecule has 0 bridgehead atoms. The molecule has 0 amide bonds. The van der Waals surface area contributed by atoms with E-state index in [9.17, 15) is 0 Å². The first-order valence-electron chi connectivity index (χ1n) is 6.36. The summed E-state index contributed by atoms with van der Waals surface area (Å²) in [7, 11) is 4.10. The number of amidine groups is 1. The van der Waals surface area contributed by atoms with Crippen LogP contribution >= 0.6 is 0 Å². The van der Waals surface area contributed by atoms with Crippen molar-refractivity contribution < 1.29 is 4.74 Å². The van der Waals surface area contributed by atoms with Crippen molar-refractivity contribution >= 4 is 5.84 Å². The summed E-state index contributed by atoms with van der Waals surface area (Å²) in [5, 5.41) is 3.27. The van der Waals surface area contributed by atoms with Crippen molar-refractivity contribution in [3.05, 3.63) is 35.4 Å². The number of rotatable bonds is 6. The van der Waals surface area contributed by atoms with Crippen molar-refractivity contribution in [1.29, 1.82) is 0 Å². The fraction of sp³-hybridized carbons (Fsp3) is 0.500. The molecule has 1 heterocycles. The van der Waals surface area contributed by atoms with E-state index in [0.29, 0.717) is 6.61 Å². The molecule has 0 saturated carbocycles. The third-order valence-electron chi connectivity index (χ3n) is 2.85. The van der Waals surface area contributed by atoms with E-state index in [0.717, 1.165) is 37.6 Å². The van der Waals surface area contributed by atoms with E-state index in [1.807, 2.05) is 14.1 Å². The van der Waals surface area contributed by atoms with E-state index in [-0.39, 0.29) is 0 Å². The summed E-state index contributed by atoms with van der Waals surface area (Å²) < 4.78 is 5.61. The monoisotopic (exact) mass is 247 g/mol. The fourth-order valence-electron chi connectivity index (χ4n) is 1.79. The predicted octanol–water partition coefficient (Wildman–Crippen LogP) is 1.11. The maximum Gasteiger partial charge on any atom is 0.128 e. The van der Waals surface area contributed by atoms with Crippen LogP contribution in [0.1, 0.15) is 11.1 Å². The molecule has 0 aliphatic carbocycles. The Morgan fingerprint density at radius 2 is 2.06 bits per heavy atom. The average molecular weight is 247 g/mol. The molecule has 0 unspecified atom stereocenters. The van der Waals surface area contributed by atoms with Crippen LogP contribution in [0.2, 0.25) is 0 Å². The van der Waals surface area contributed by atoms with Crippen molar-refractivity contribution in [2.24, 2.45) is 4.99 Å². The molecular weight excluding hydrogens is 226 g/mol. The molecule has 0 spiro atoms. The zero-order chi connectivity index (χ0) is 12.8. The zero-order valence-corrected chi connectivity index (χ0v) is 11.1. The number of hydrogen-bond donors (Lipinski definition) is 1. The summed E-state index contributed by atoms with van der Waals surface area (Å²) in [6.07, 6.45) is 0. The van der Waals surface area contributed by atoms with Crippen molar-refractivity contribution in [2.45, 2.75) is 6.61 Å². The molecule has 1 aromatic carbocycles. The maximum atomic E-state index is 5.61. The van der Waals surface area contributed by atoms with Crippen LogP contribution in [0.15, 0.2) is 29.3 Å². The largest absolute Gasteiger partial charge is 0.375 e. The van der Waals surface area contributed by atoms with Crippen LogP contribution in [-0.4, -0.2) is 51.1 Å². The molecule has 1 aliphatic rings. The highest BCUT2D eigenvalue weighted by Gasteiger charge is 2.07. The molecule has 2 rings (SSSR count). The number of aliphatic imine (C=N–C) groups is 1. The number of hydrogen-bond acceptors (Lipinski definition) is 4. The highest BCUT2D eigenvalue weighted by atomic mass is 16.5. The number of nitrogens with one attached hydrogen (secondary N) is 1. The molecule has 18 heavy (non-hydrogen) atoms. The van der Waals surface area contributed by atoms with Gasteiger partial charge in [0.05, 0.1) is 19.8 Å². The van der Waals surface area contributed by atoms with E-state index < -0.39 is 0 Å². The topological polar surface area (TPSA) is 36.9 Å². The third-order valence-corrected chi connectivity index (χ3v) is 2.85. The Bertz CT molecular complexity index is 398. The van der Waals surface area contributed by atoms with Crippen LogP contribution in [0.4, 0.5) is 0 Å². The second-order valence-electron chi connectivity index (χ2n) is 4.71. The zero-order valence-electron chi connectivity index (χ0n) is 11.1. The molecule has 98 valence electrons. The van der Waals surface area contributed by atoms with Gasteiger partial charge in [0.15, 0.2) is 0 Å². The van der Waals surface area contributed by atoms with Gasteiger partial charge < -0.3 is 15.0 Å². The molecule has 1 N–H and O–H groups in total. The summed E-state index contributed by atoms with van der Waals surface area (Å²) in [6, 6.07) is 8.41. The van der Waals surface area contributed by atoms with Crippen LogP contribution in [0.5, 0.6) is 0 Å². The van der Waals surface area contributed by atoms with Crippen LogP contribution in [0.3, 0.4) is 0 Å². The Labute approximate surface area is 109 Å². The van der Waals surface area contributed by atoms with E-state index in [4.69, 9.17) is 4.74 Å². The summed E-state index contributed by atoms with van der Waals surface area (Å²) in [5.74, 6) is 1.01. The highest BCUT2D eigenvalue weighted by molar-refractivity contribution is 5.99. The normalized spacial score (nSPS) is 14.7. The lowest BCUT2D eigenvalue weighted by atomic mass is 10.1. The van der Waals surface area contributed by atoms with Crippen LogP contribution in [0, 0.1) is 0 Å². The molecule has 1 aromatic rings. The van der Waals surface area contributed by atoms with Gasteiger partial charge in [-0.15, -0.1) is 0 Å². The van der Waals surface area contributed by atoms with Crippen molar-refractivity contribution in [1.82, 2.24) is 10.2 Å². The Hall–Kier alpha value is -1.39. The van der Waals surface area contributed by atoms with E-state index >= 15 is 0 Å². The first-order chi connectivity index (χ1) is 8.75. The van der Waals surface area contributed by atoms with Gasteiger partial charge in [0.1, 0.15) is 5.84 Å². The smallest absolute Gasteiger partial charge is 0.128 e. The minimum absolute atomic E-state index is 0.675. The SMILES string of the molecule is CN(C)CCOCc1ccc(C2=NCCN2)cc1. The Kier molecular flexibility index (Phi) is 4.73. The maximum absolute atomic E-state index is 5.61. The minimum atomic E-state index is 0.675. The van der Waals surface area contributed by atoms with Crippen molar-refractivity contribution in [3.8, 4) is 0 Å². The molecule has 4 heteroatoms. The van der Waals surface area contributed by atoms with Gasteiger partial charge >= 0.3 is 0 Å². The molecule has 1 aliphatic heterocycles. The first-order valence-corrected chi connectivity index (χ1v) is 6.36. The number of nitrogens with zero attached hydrogens (tertiary/aromatic N) is 2. The van der Waals surface area contributed by atoms with E-state index in [2.05, 4.69) is 39.5 Å². The lowest BCUT2D eigenvalue weighted by Gasteiger charge is -2.10. The standard InChI is InChI=1S/C14H21N3O/c1-17(2)9-10-18-11-12-3-5-13(6-4-12)14-15-7-8-16-14/h3-6H,7-11H2,1-2H3,(H,15,16). The Balaban J connectivity index is 1.80. The quantitative estimate of drug-likeness (QED) is 0.765. The number of likely N-dealkylation sites (N-methyl/N-ethyl adjacent to an activating group) is 1. The van der Waals surface area contributed by atoms with Gasteiger partial charge in [-0.2, -0.15) is 0 Å². The van der Waals surface area contributed by atoms with Gasteiger partial charge in [-0.1, -0.05) is 24.3 Å². The third kappa shape index (κ3) is 3.82. The Morgan fingerprint density at radius 3 is 2.67 bits per heavy atom. The second kappa shape index (κ2) is 6.52. The van der Waals surface area contributed by atoms with Gasteiger partial charge in [0.2, 0.25) is 0 Å². The summed E-state index contributed by atoms with van der Waals surface area (Å²) in [4.78, 5) is 6.52. The van der Waals surface area contributed by atoms with Gasteiger partial charge in [-0.25, -0.2) is 0 Å². The van der Waals surface area contributed by atoms with Gasteiger partial charge in [0.25, 0.3) is 0 Å². The molecular formula is C14H21N3O. The van der Waals surface area contributed by atoms with Gasteiger partial charge in [0, 0.05) is 18.7 Å². The van der Waals surface area contributed by atoms with Gasteiger partial charge in [-0.3, -0.25) is 4.99 Å². The molecule has 0 saturated heterocycles. The van der Waals surface area contributed by atoms with Crippen LogP contribution in [-0.2, 0) is 11.3 Å². The van der Waals surface area contributed by atoms with E-state index in [1.165, 1.54) is 5.56 Å². The molecule has 4 nitrogen and oxygen atoms in total. The van der Waals surface area contributed by atoms with Gasteiger partial charge in [-0.05, 0) is 19.7 Å². The number of benzene rings is 1. The highest BCUT2D eigenvalue weighted by Crippen LogP contribution is 2.07. The fourth-order valence-corrected chi connectivity index (χ4v) is 1.79. The molecule has 0 atom stereocenters. The van der Waals surface area contributed by atoms with Crippen LogP contribution < -0.4 is 5.32 Å². The average Bonchev–Trinajstić information content (AvgIpc) is 2.89. The lowest BCUT2D eigenvalue weighted by Crippen LogP contribution is -2.19. The van der Waals surface area contributed by atoms with Crippen molar-refractivity contribution in [2.75, 3.05) is 40.3 Å². The molecule has 0 fully saturated rings. The number of ether oxygens (including phenoxy) is 1. The first kappa shape index (κ1) is 13.1. The van der Waals surface area contributed by atoms with Crippen molar-refractivity contribution in [3.63, 3.8) is 0 Å². The predicted molar refractivity (Wildman–Crippen MR) is 74.1 cm³/mol. The molecule has 0 radical (unpaired) electrons. The lowest BCUT2D eigenvalue weighted by molar-refractivity contribution is 0.105. The van der Waals surface area contributed by atoms with Crippen LogP contribution in [0.25, 0.3) is 0 Å². The summed E-state index contributed by atoms with van der Waals surface area (Å²) in [5.41, 5.74) is 2.36. The summed E-state index contributed by atoms with van der Waals surface area (Å²) >= 11 is 0. The summed E-state index contributed by atoms with van der Waals surface area (Å²) in [6.45, 7) is 4.23. The minimum Gasteiger partial charge on any atom is -0.375 e. The van der Waals surface area contributed by atoms with E-state index in [1.54, 1.807) is 0 Å². The Morgan fingerprint density at radius 1 is 1.28 bits per heavy atom. The second-order valence-corrected chi connectivity index (χ2v) is 4.71.